The smallest absolute Gasteiger partial charge is 0.340 e. The molecule has 60 heavy (non-hydrogen) atoms. The van der Waals surface area contributed by atoms with Gasteiger partial charge in [-0.1, -0.05) is 51.0 Å². The lowest BCUT2D eigenvalue weighted by Crippen LogP contribution is -1.98. The molecule has 0 aliphatic heterocycles. The summed E-state index contributed by atoms with van der Waals surface area (Å²) in [6.07, 6.45) is 7.72. The van der Waals surface area contributed by atoms with E-state index in [1.165, 1.54) is 74.2 Å². The van der Waals surface area contributed by atoms with Gasteiger partial charge in [-0.3, -0.25) is 0 Å². The molecule has 0 amide bonds. The van der Waals surface area contributed by atoms with E-state index in [0.717, 1.165) is 58.3 Å². The van der Waals surface area contributed by atoms with Crippen molar-refractivity contribution in [1.82, 2.24) is 9.13 Å². The minimum absolute atomic E-state index is 0.0821. The van der Waals surface area contributed by atoms with Crippen LogP contribution in [-0.2, 0) is 13.1 Å². The molecule has 9 rings (SSSR count). The number of allylic oxidation sites excluding steroid dienone is 1. The third-order valence-electron chi connectivity index (χ3n) is 10.9. The highest BCUT2D eigenvalue weighted by molar-refractivity contribution is 7.24. The van der Waals surface area contributed by atoms with Gasteiger partial charge in [0.15, 0.2) is 0 Å². The first-order valence-electron chi connectivity index (χ1n) is 19.8. The van der Waals surface area contributed by atoms with Crippen LogP contribution in [0.5, 0.6) is 0 Å². The van der Waals surface area contributed by atoms with Gasteiger partial charge in [0.1, 0.15) is 30.9 Å². The molecule has 0 atom stereocenters. The number of nitrogens with zero attached hydrogens (tertiary/aromatic N) is 6. The summed E-state index contributed by atoms with van der Waals surface area (Å²) in [6, 6.07) is 39.6. The molecular weight excluding hydrogens is 813 g/mol. The van der Waals surface area contributed by atoms with Crippen LogP contribution in [0, 0.1) is 35.8 Å². The fourth-order valence-corrected chi connectivity index (χ4v) is 12.0. The van der Waals surface area contributed by atoms with Gasteiger partial charge in [-0.2, -0.15) is 20.2 Å². The monoisotopic (exact) mass is 848 g/mol. The highest BCUT2D eigenvalue weighted by Crippen LogP contribution is 2.44. The predicted molar refractivity (Wildman–Crippen MR) is 256 cm³/mol. The van der Waals surface area contributed by atoms with Gasteiger partial charge in [0.05, 0.1) is 0 Å². The number of unbranched alkanes of at least 4 members (excludes halogenated alkanes) is 2. The van der Waals surface area contributed by atoms with Crippen molar-refractivity contribution in [3.63, 3.8) is 0 Å². The first-order chi connectivity index (χ1) is 29.4. The molecule has 0 N–H and O–H groups in total. The second kappa shape index (κ2) is 16.6. The molecule has 0 radical (unpaired) electrons. The molecule has 3 aromatic carbocycles. The minimum atomic E-state index is 0.0821. The molecule has 6 aromatic heterocycles. The average molecular weight is 849 g/mol. The van der Waals surface area contributed by atoms with Gasteiger partial charge in [-0.05, 0) is 103 Å². The highest BCUT2D eigenvalue weighted by Gasteiger charge is 2.19. The molecule has 0 fully saturated rings. The maximum Gasteiger partial charge on any atom is 0.520 e. The summed E-state index contributed by atoms with van der Waals surface area (Å²) < 4.78 is 5.08. The fourth-order valence-electron chi connectivity index (χ4n) is 7.93. The summed E-state index contributed by atoms with van der Waals surface area (Å²) in [4.78, 5) is 15.5. The van der Waals surface area contributed by atoms with Crippen LogP contribution in [0.15, 0.2) is 108 Å². The average Bonchev–Trinajstić information content (AvgIpc) is 4.15. The number of aromatic nitrogens is 2. The Kier molecular flexibility index (Phi) is 10.8. The lowest BCUT2D eigenvalue weighted by Gasteiger charge is -2.08. The Morgan fingerprint density at radius 3 is 1.40 bits per heavy atom. The first kappa shape index (κ1) is 39.0. The maximum absolute atomic E-state index is 9.20. The van der Waals surface area contributed by atoms with Crippen LogP contribution >= 0.6 is 45.3 Å². The van der Waals surface area contributed by atoms with E-state index >= 15 is 0 Å². The number of fused-ring (bicyclic) bond motifs is 6. The number of hydrogen-bond acceptors (Lipinski definition) is 6. The fraction of sp³-hybridized carbons (Fsp3) is 0.160. The first-order valence-corrected chi connectivity index (χ1v) is 23.1. The minimum Gasteiger partial charge on any atom is -0.340 e. The van der Waals surface area contributed by atoms with Crippen LogP contribution in [0.3, 0.4) is 0 Å². The summed E-state index contributed by atoms with van der Waals surface area (Å²) in [5, 5.41) is 23.5. The quantitative estimate of drug-likeness (QED) is 0.0908. The molecule has 0 bridgehead atoms. The summed E-state index contributed by atoms with van der Waals surface area (Å²) in [7, 11) is 0. The Balaban J connectivity index is 1.11. The summed E-state index contributed by atoms with van der Waals surface area (Å²) in [5.41, 5.74) is 7.58. The Morgan fingerprint density at radius 1 is 0.533 bits per heavy atom. The van der Waals surface area contributed by atoms with Gasteiger partial charge in [0, 0.05) is 102 Å². The number of thiophene rings is 4. The van der Waals surface area contributed by atoms with E-state index in [4.69, 9.17) is 13.1 Å². The van der Waals surface area contributed by atoms with Crippen LogP contribution in [-0.4, -0.2) is 9.13 Å². The zero-order chi connectivity index (χ0) is 41.3. The van der Waals surface area contributed by atoms with Crippen molar-refractivity contribution in [3.8, 4) is 52.5 Å². The van der Waals surface area contributed by atoms with Crippen LogP contribution in [0.2, 0.25) is 0 Å². The van der Waals surface area contributed by atoms with Gasteiger partial charge in [-0.25, -0.2) is 0 Å². The van der Waals surface area contributed by atoms with Gasteiger partial charge < -0.3 is 9.13 Å². The van der Waals surface area contributed by atoms with E-state index in [2.05, 4.69) is 118 Å². The molecule has 0 unspecified atom stereocenters. The van der Waals surface area contributed by atoms with Crippen LogP contribution in [0.25, 0.3) is 106 Å². The van der Waals surface area contributed by atoms with E-state index in [1.54, 1.807) is 57.5 Å². The number of nitriles is 2. The Bertz CT molecular complexity index is 3100. The topological polar surface area (TPSA) is 66.2 Å². The molecule has 290 valence electrons. The van der Waals surface area contributed by atoms with E-state index in [1.807, 2.05) is 24.3 Å². The standard InChI is InChI=1S/C50H36N6S4/c1-5-7-21-55-40-24-32(44-17-19-48(59-44)46-15-11-34(57-46)23-31(29-51)30-52)9-13-36(40)38-27-43-39(28-42(38)55)37-14-10-33(25-41(37)56(43)22-8-6-2)45-18-20-49(60-45)47-16-12-35(58-47)26-50(53-3)54-4/h9-20,23-28H,5-8,21-22H2,1-2H3. The molecule has 9 aromatic rings. The van der Waals surface area contributed by atoms with Crippen LogP contribution < -0.4 is 0 Å². The van der Waals surface area contributed by atoms with Crippen molar-refractivity contribution in [2.75, 3.05) is 0 Å². The Morgan fingerprint density at radius 2 is 0.950 bits per heavy atom. The normalized spacial score (nSPS) is 11.2. The van der Waals surface area contributed by atoms with Crippen molar-refractivity contribution >= 4 is 101 Å². The molecule has 0 spiro atoms. The number of benzene rings is 3. The summed E-state index contributed by atoms with van der Waals surface area (Å²) in [6.45, 7) is 20.9. The molecule has 0 aliphatic rings. The highest BCUT2D eigenvalue weighted by atomic mass is 32.1. The van der Waals surface area contributed by atoms with Crippen molar-refractivity contribution in [3.05, 3.63) is 141 Å². The number of rotatable bonds is 12. The van der Waals surface area contributed by atoms with Gasteiger partial charge in [0.2, 0.25) is 0 Å². The largest absolute Gasteiger partial charge is 0.520 e. The Hall–Kier alpha value is -6.50. The lowest BCUT2D eigenvalue weighted by molar-refractivity contribution is 0.664. The van der Waals surface area contributed by atoms with Crippen molar-refractivity contribution in [2.45, 2.75) is 52.6 Å². The van der Waals surface area contributed by atoms with Gasteiger partial charge in [0.25, 0.3) is 0 Å². The van der Waals surface area contributed by atoms with Crippen molar-refractivity contribution in [1.29, 1.82) is 10.5 Å². The molecule has 0 saturated heterocycles. The van der Waals surface area contributed by atoms with Crippen LogP contribution in [0.1, 0.15) is 49.3 Å². The molecule has 10 heteroatoms. The molecule has 0 aliphatic carbocycles. The predicted octanol–water partition coefficient (Wildman–Crippen LogP) is 16.0. The zero-order valence-corrected chi connectivity index (χ0v) is 36.2. The molecule has 6 heterocycles. The second-order valence-corrected chi connectivity index (χ2v) is 19.0. The Labute approximate surface area is 364 Å². The maximum atomic E-state index is 9.20. The van der Waals surface area contributed by atoms with E-state index in [0.29, 0.717) is 0 Å². The molecule has 6 nitrogen and oxygen atoms in total. The third-order valence-corrected chi connectivity index (χ3v) is 15.6. The van der Waals surface area contributed by atoms with Gasteiger partial charge >= 0.3 is 5.82 Å². The van der Waals surface area contributed by atoms with Crippen LogP contribution in [0.4, 0.5) is 0 Å². The SMILES string of the molecule is [C-]#[N+]C(=Cc1ccc(-c2ccc(-c3ccc4c5cc6c(cc5n(CCCC)c4c3)c3ccc(-c4ccc(-c5ccc(C=C(C#N)C#N)s5)s4)cc3n6CCCC)s2)s1)[N+]#[C-]. The third kappa shape index (κ3) is 7.15. The van der Waals surface area contributed by atoms with E-state index < -0.39 is 0 Å². The number of aryl methyl sites for hydroxylation is 2. The number of hydrogen-bond donors (Lipinski definition) is 0. The summed E-state index contributed by atoms with van der Waals surface area (Å²) in [5.74, 6) is 0.0821. The van der Waals surface area contributed by atoms with Gasteiger partial charge in [-0.15, -0.1) is 45.3 Å². The molecular formula is C50H36N6S4. The lowest BCUT2D eigenvalue weighted by atomic mass is 10.1. The second-order valence-electron chi connectivity index (χ2n) is 14.6. The zero-order valence-electron chi connectivity index (χ0n) is 33.0. The van der Waals surface area contributed by atoms with Crippen molar-refractivity contribution in [2.24, 2.45) is 0 Å². The molecule has 0 saturated carbocycles. The van der Waals surface area contributed by atoms with E-state index in [9.17, 15) is 10.5 Å². The van der Waals surface area contributed by atoms with Crippen molar-refractivity contribution < 1.29 is 0 Å². The van der Waals surface area contributed by atoms with E-state index in [-0.39, 0.29) is 11.4 Å². The summed E-state index contributed by atoms with van der Waals surface area (Å²) >= 11 is 6.75.